The van der Waals surface area contributed by atoms with Gasteiger partial charge in [0.1, 0.15) is 5.54 Å². The van der Waals surface area contributed by atoms with Gasteiger partial charge >= 0.3 is 5.97 Å². The molecule has 1 aliphatic rings. The summed E-state index contributed by atoms with van der Waals surface area (Å²) in [5.41, 5.74) is -0.816. The Bertz CT molecular complexity index is 320. The van der Waals surface area contributed by atoms with Crippen LogP contribution in [-0.4, -0.2) is 47.2 Å². The quantitative estimate of drug-likeness (QED) is 0.723. The molecule has 0 spiro atoms. The van der Waals surface area contributed by atoms with Gasteiger partial charge in [0.05, 0.1) is 0 Å². The lowest BCUT2D eigenvalue weighted by Crippen LogP contribution is -2.54. The molecule has 1 saturated heterocycles. The highest BCUT2D eigenvalue weighted by atomic mass is 16.4. The largest absolute Gasteiger partial charge is 0.480 e. The summed E-state index contributed by atoms with van der Waals surface area (Å²) in [6, 6.07) is 0.184. The lowest BCUT2D eigenvalue weighted by molar-refractivity contribution is -0.145. The van der Waals surface area contributed by atoms with Crippen molar-refractivity contribution in [1.29, 1.82) is 0 Å². The molecular formula is C17H34N2O2. The number of nitrogens with zero attached hydrogens (tertiary/aromatic N) is 1. The van der Waals surface area contributed by atoms with Crippen LogP contribution in [0.3, 0.4) is 0 Å². The predicted octanol–water partition coefficient (Wildman–Crippen LogP) is 3.12. The molecule has 4 heteroatoms. The summed E-state index contributed by atoms with van der Waals surface area (Å²) < 4.78 is 0. The van der Waals surface area contributed by atoms with Crippen molar-refractivity contribution < 1.29 is 9.90 Å². The maximum absolute atomic E-state index is 11.6. The average Bonchev–Trinajstić information content (AvgIpc) is 2.61. The monoisotopic (exact) mass is 298 g/mol. The van der Waals surface area contributed by atoms with Crippen molar-refractivity contribution in [2.24, 2.45) is 5.92 Å². The molecule has 0 aromatic carbocycles. The third-order valence-electron chi connectivity index (χ3n) is 4.64. The fraction of sp³-hybridized carbons (Fsp3) is 0.941. The molecule has 1 fully saturated rings. The van der Waals surface area contributed by atoms with E-state index in [2.05, 4.69) is 17.1 Å². The van der Waals surface area contributed by atoms with Gasteiger partial charge in [0.25, 0.3) is 0 Å². The molecule has 0 saturated carbocycles. The highest BCUT2D eigenvalue weighted by Gasteiger charge is 2.33. The zero-order chi connectivity index (χ0) is 15.9. The summed E-state index contributed by atoms with van der Waals surface area (Å²) in [5.74, 6) is 0.134. The van der Waals surface area contributed by atoms with Crippen molar-refractivity contribution in [3.05, 3.63) is 0 Å². The standard InChI is InChI=1S/C17H34N2O2/c1-5-7-15-8-6-11-19(12-9-15)13-10-17(4,16(20)21)18-14(2)3/h14-15,18H,5-13H2,1-4H3,(H,20,21). The molecule has 1 heterocycles. The number of hydrogen-bond donors (Lipinski definition) is 2. The second-order valence-electron chi connectivity index (χ2n) is 7.11. The first kappa shape index (κ1) is 18.4. The van der Waals surface area contributed by atoms with Crippen molar-refractivity contribution in [3.63, 3.8) is 0 Å². The van der Waals surface area contributed by atoms with Crippen LogP contribution in [0.2, 0.25) is 0 Å². The normalized spacial score (nSPS) is 23.8. The summed E-state index contributed by atoms with van der Waals surface area (Å²) >= 11 is 0. The Labute approximate surface area is 130 Å². The first-order chi connectivity index (χ1) is 9.87. The van der Waals surface area contributed by atoms with Gasteiger partial charge in [-0.05, 0) is 65.5 Å². The minimum atomic E-state index is -0.816. The van der Waals surface area contributed by atoms with Gasteiger partial charge in [0.15, 0.2) is 0 Å². The summed E-state index contributed by atoms with van der Waals surface area (Å²) in [7, 11) is 0. The summed E-state index contributed by atoms with van der Waals surface area (Å²) in [6.45, 7) is 11.2. The van der Waals surface area contributed by atoms with E-state index < -0.39 is 11.5 Å². The Kier molecular flexibility index (Phi) is 7.67. The molecule has 0 bridgehead atoms. The Hall–Kier alpha value is -0.610. The first-order valence-electron chi connectivity index (χ1n) is 8.61. The number of carboxylic acids is 1. The van der Waals surface area contributed by atoms with Crippen LogP contribution in [0.5, 0.6) is 0 Å². The minimum Gasteiger partial charge on any atom is -0.480 e. The molecule has 1 rings (SSSR count). The molecule has 0 aromatic heterocycles. The number of likely N-dealkylation sites (tertiary alicyclic amines) is 1. The van der Waals surface area contributed by atoms with Crippen LogP contribution >= 0.6 is 0 Å². The van der Waals surface area contributed by atoms with Gasteiger partial charge in [-0.1, -0.05) is 19.8 Å². The maximum atomic E-state index is 11.6. The fourth-order valence-electron chi connectivity index (χ4n) is 3.41. The smallest absolute Gasteiger partial charge is 0.323 e. The van der Waals surface area contributed by atoms with E-state index in [0.29, 0.717) is 6.42 Å². The lowest BCUT2D eigenvalue weighted by atomic mass is 9.95. The molecule has 2 N–H and O–H groups in total. The average molecular weight is 298 g/mol. The van der Waals surface area contributed by atoms with Crippen molar-refractivity contribution in [2.75, 3.05) is 19.6 Å². The number of aliphatic carboxylic acids is 1. The zero-order valence-corrected chi connectivity index (χ0v) is 14.3. The molecule has 2 unspecified atom stereocenters. The summed E-state index contributed by atoms with van der Waals surface area (Å²) in [4.78, 5) is 14.0. The predicted molar refractivity (Wildman–Crippen MR) is 87.6 cm³/mol. The van der Waals surface area contributed by atoms with Crippen molar-refractivity contribution >= 4 is 5.97 Å². The lowest BCUT2D eigenvalue weighted by Gasteiger charge is -2.31. The number of hydrogen-bond acceptors (Lipinski definition) is 3. The molecule has 2 atom stereocenters. The van der Waals surface area contributed by atoms with Crippen molar-refractivity contribution in [3.8, 4) is 0 Å². The third-order valence-corrected chi connectivity index (χ3v) is 4.64. The number of carbonyl (C=O) groups is 1. The van der Waals surface area contributed by atoms with E-state index in [1.54, 1.807) is 0 Å². The van der Waals surface area contributed by atoms with Gasteiger partial charge in [-0.15, -0.1) is 0 Å². The number of nitrogens with one attached hydrogen (secondary N) is 1. The molecule has 0 aliphatic carbocycles. The Morgan fingerprint density at radius 1 is 1.38 bits per heavy atom. The maximum Gasteiger partial charge on any atom is 0.323 e. The molecule has 124 valence electrons. The topological polar surface area (TPSA) is 52.6 Å². The van der Waals surface area contributed by atoms with Gasteiger partial charge in [-0.2, -0.15) is 0 Å². The molecule has 21 heavy (non-hydrogen) atoms. The summed E-state index contributed by atoms with van der Waals surface area (Å²) in [5, 5.41) is 12.7. The zero-order valence-electron chi connectivity index (χ0n) is 14.3. The Morgan fingerprint density at radius 2 is 2.10 bits per heavy atom. The van der Waals surface area contributed by atoms with Crippen LogP contribution in [-0.2, 0) is 4.79 Å². The molecule has 0 aromatic rings. The third kappa shape index (κ3) is 6.35. The molecule has 4 nitrogen and oxygen atoms in total. The van der Waals surface area contributed by atoms with Crippen LogP contribution < -0.4 is 5.32 Å². The van der Waals surface area contributed by atoms with Gasteiger partial charge in [-0.3, -0.25) is 10.1 Å². The van der Waals surface area contributed by atoms with Gasteiger partial charge in [-0.25, -0.2) is 0 Å². The van der Waals surface area contributed by atoms with Crippen molar-refractivity contribution in [1.82, 2.24) is 10.2 Å². The number of carboxylic acid groups (broad SMARTS) is 1. The van der Waals surface area contributed by atoms with Crippen LogP contribution in [0.15, 0.2) is 0 Å². The SMILES string of the molecule is CCCC1CCCN(CCC(C)(NC(C)C)C(=O)O)CC1. The van der Waals surface area contributed by atoms with E-state index in [0.717, 1.165) is 25.6 Å². The van der Waals surface area contributed by atoms with Crippen molar-refractivity contribution in [2.45, 2.75) is 77.8 Å². The van der Waals surface area contributed by atoms with Gasteiger partial charge in [0.2, 0.25) is 0 Å². The molecule has 0 radical (unpaired) electrons. The molecular weight excluding hydrogens is 264 g/mol. The fourth-order valence-corrected chi connectivity index (χ4v) is 3.41. The van der Waals surface area contributed by atoms with E-state index in [1.807, 2.05) is 20.8 Å². The molecule has 1 aliphatic heterocycles. The second kappa shape index (κ2) is 8.74. The Balaban J connectivity index is 2.47. The highest BCUT2D eigenvalue weighted by molar-refractivity contribution is 5.78. The highest BCUT2D eigenvalue weighted by Crippen LogP contribution is 2.22. The van der Waals surface area contributed by atoms with Crippen LogP contribution in [0.25, 0.3) is 0 Å². The van der Waals surface area contributed by atoms with E-state index in [-0.39, 0.29) is 6.04 Å². The van der Waals surface area contributed by atoms with E-state index >= 15 is 0 Å². The van der Waals surface area contributed by atoms with Gasteiger partial charge in [0, 0.05) is 12.6 Å². The first-order valence-corrected chi connectivity index (χ1v) is 8.61. The van der Waals surface area contributed by atoms with E-state index in [1.165, 1.54) is 32.1 Å². The van der Waals surface area contributed by atoms with E-state index in [4.69, 9.17) is 0 Å². The Morgan fingerprint density at radius 3 is 2.67 bits per heavy atom. The number of rotatable bonds is 8. The molecule has 0 amide bonds. The van der Waals surface area contributed by atoms with Crippen LogP contribution in [0.1, 0.15) is 66.2 Å². The minimum absolute atomic E-state index is 0.184. The van der Waals surface area contributed by atoms with Crippen LogP contribution in [0.4, 0.5) is 0 Å². The van der Waals surface area contributed by atoms with Gasteiger partial charge < -0.3 is 10.0 Å². The second-order valence-corrected chi connectivity index (χ2v) is 7.11. The van der Waals surface area contributed by atoms with E-state index in [9.17, 15) is 9.90 Å². The summed E-state index contributed by atoms with van der Waals surface area (Å²) in [6.07, 6.45) is 7.15. The van der Waals surface area contributed by atoms with Crippen LogP contribution in [0, 0.1) is 5.92 Å².